The minimum atomic E-state index is 0.619. The van der Waals surface area contributed by atoms with Crippen molar-refractivity contribution in [1.82, 2.24) is 9.97 Å². The van der Waals surface area contributed by atoms with E-state index in [-0.39, 0.29) is 0 Å². The Balaban J connectivity index is 2.09. The summed E-state index contributed by atoms with van der Waals surface area (Å²) in [6, 6.07) is 1.98. The molecule has 0 amide bonds. The Hall–Kier alpha value is -1.16. The lowest BCUT2D eigenvalue weighted by atomic mass is 9.98. The number of rotatable bonds is 2. The van der Waals surface area contributed by atoms with Crippen molar-refractivity contribution in [2.75, 3.05) is 24.5 Å². The molecule has 2 heterocycles. The minimum absolute atomic E-state index is 0.619. The fraction of sp³-hybridized carbons (Fsp3) is 0.636. The zero-order chi connectivity index (χ0) is 10.7. The summed E-state index contributed by atoms with van der Waals surface area (Å²) in [6.45, 7) is 4.83. The van der Waals surface area contributed by atoms with Gasteiger partial charge in [-0.05, 0) is 38.3 Å². The monoisotopic (exact) mass is 206 g/mol. The van der Waals surface area contributed by atoms with Gasteiger partial charge in [0.2, 0.25) is 0 Å². The Morgan fingerprint density at radius 3 is 3.20 bits per heavy atom. The van der Waals surface area contributed by atoms with Crippen molar-refractivity contribution < 1.29 is 0 Å². The van der Waals surface area contributed by atoms with Crippen LogP contribution in [0.3, 0.4) is 0 Å². The van der Waals surface area contributed by atoms with Crippen LogP contribution in [-0.2, 0) is 0 Å². The van der Waals surface area contributed by atoms with Gasteiger partial charge >= 0.3 is 0 Å². The van der Waals surface area contributed by atoms with E-state index < -0.39 is 0 Å². The van der Waals surface area contributed by atoms with E-state index in [9.17, 15) is 0 Å². The van der Waals surface area contributed by atoms with E-state index in [1.165, 1.54) is 12.8 Å². The highest BCUT2D eigenvalue weighted by Crippen LogP contribution is 2.20. The maximum Gasteiger partial charge on any atom is 0.132 e. The van der Waals surface area contributed by atoms with Crippen LogP contribution in [0.2, 0.25) is 0 Å². The molecule has 0 bridgehead atoms. The van der Waals surface area contributed by atoms with Crippen LogP contribution in [0.5, 0.6) is 0 Å². The first kappa shape index (κ1) is 10.4. The smallest absolute Gasteiger partial charge is 0.132 e. The quantitative estimate of drug-likeness (QED) is 0.783. The van der Waals surface area contributed by atoms with E-state index in [1.54, 1.807) is 0 Å². The highest BCUT2D eigenvalue weighted by molar-refractivity contribution is 5.37. The molecule has 0 aromatic carbocycles. The van der Waals surface area contributed by atoms with Gasteiger partial charge in [0.25, 0.3) is 0 Å². The summed E-state index contributed by atoms with van der Waals surface area (Å²) < 4.78 is 0. The second-order valence-electron chi connectivity index (χ2n) is 4.15. The number of nitrogens with two attached hydrogens (primary N) is 1. The van der Waals surface area contributed by atoms with Gasteiger partial charge in [-0.2, -0.15) is 0 Å². The lowest BCUT2D eigenvalue weighted by Crippen LogP contribution is -2.38. The number of hydrogen-bond donors (Lipinski definition) is 1. The van der Waals surface area contributed by atoms with E-state index in [4.69, 9.17) is 5.73 Å². The maximum absolute atomic E-state index is 5.71. The zero-order valence-corrected chi connectivity index (χ0v) is 9.19. The van der Waals surface area contributed by atoms with Gasteiger partial charge in [-0.3, -0.25) is 0 Å². The molecular formula is C11H18N4. The van der Waals surface area contributed by atoms with Crippen molar-refractivity contribution in [3.8, 4) is 0 Å². The highest BCUT2D eigenvalue weighted by Gasteiger charge is 2.19. The zero-order valence-electron chi connectivity index (χ0n) is 9.19. The summed E-state index contributed by atoms with van der Waals surface area (Å²) in [5, 5.41) is 0. The molecule has 0 saturated carbocycles. The molecule has 15 heavy (non-hydrogen) atoms. The minimum Gasteiger partial charge on any atom is -0.356 e. The maximum atomic E-state index is 5.71. The molecule has 1 atom stereocenters. The van der Waals surface area contributed by atoms with Gasteiger partial charge < -0.3 is 10.6 Å². The van der Waals surface area contributed by atoms with Gasteiger partial charge in [-0.1, -0.05) is 0 Å². The average molecular weight is 206 g/mol. The summed E-state index contributed by atoms with van der Waals surface area (Å²) >= 11 is 0. The van der Waals surface area contributed by atoms with Crippen LogP contribution in [-0.4, -0.2) is 29.6 Å². The Morgan fingerprint density at radius 2 is 2.47 bits per heavy atom. The van der Waals surface area contributed by atoms with E-state index >= 15 is 0 Å². The summed E-state index contributed by atoms with van der Waals surface area (Å²) in [7, 11) is 0. The van der Waals surface area contributed by atoms with Crippen molar-refractivity contribution in [3.63, 3.8) is 0 Å². The molecule has 1 aromatic rings. The molecule has 1 fully saturated rings. The number of hydrogen-bond acceptors (Lipinski definition) is 4. The number of aromatic nitrogens is 2. The summed E-state index contributed by atoms with van der Waals surface area (Å²) in [5.74, 6) is 2.50. The fourth-order valence-electron chi connectivity index (χ4n) is 2.09. The van der Waals surface area contributed by atoms with Crippen LogP contribution >= 0.6 is 0 Å². The molecule has 1 aliphatic rings. The molecule has 0 radical (unpaired) electrons. The molecule has 0 spiro atoms. The molecule has 4 nitrogen and oxygen atoms in total. The van der Waals surface area contributed by atoms with Crippen LogP contribution < -0.4 is 10.6 Å². The average Bonchev–Trinajstić information content (AvgIpc) is 2.29. The molecule has 1 unspecified atom stereocenters. The third kappa shape index (κ3) is 2.45. The predicted molar refractivity (Wildman–Crippen MR) is 60.8 cm³/mol. The van der Waals surface area contributed by atoms with Crippen LogP contribution in [0.4, 0.5) is 5.82 Å². The van der Waals surface area contributed by atoms with E-state index in [1.807, 2.05) is 19.2 Å². The van der Waals surface area contributed by atoms with Gasteiger partial charge in [0.1, 0.15) is 11.6 Å². The normalized spacial score (nSPS) is 21.7. The molecular weight excluding hydrogens is 188 g/mol. The van der Waals surface area contributed by atoms with Crippen molar-refractivity contribution in [2.45, 2.75) is 19.8 Å². The molecule has 4 heteroatoms. The van der Waals surface area contributed by atoms with Crippen molar-refractivity contribution in [2.24, 2.45) is 11.7 Å². The lowest BCUT2D eigenvalue weighted by Gasteiger charge is -2.32. The largest absolute Gasteiger partial charge is 0.356 e. The molecule has 0 aliphatic carbocycles. The number of anilines is 1. The molecule has 1 aliphatic heterocycles. The standard InChI is InChI=1S/C11H18N4/c1-9-13-5-4-11(14-9)15-6-2-3-10(7-12)8-15/h4-5,10H,2-3,6-8,12H2,1H3. The number of aryl methyl sites for hydroxylation is 1. The van der Waals surface area contributed by atoms with Crippen molar-refractivity contribution in [1.29, 1.82) is 0 Å². The summed E-state index contributed by atoms with van der Waals surface area (Å²) in [6.07, 6.45) is 4.28. The van der Waals surface area contributed by atoms with E-state index in [0.717, 1.165) is 31.3 Å². The molecule has 82 valence electrons. The topological polar surface area (TPSA) is 55.0 Å². The molecule has 2 rings (SSSR count). The SMILES string of the molecule is Cc1nccc(N2CCCC(CN)C2)n1. The molecule has 1 saturated heterocycles. The Morgan fingerprint density at radius 1 is 1.60 bits per heavy atom. The Labute approximate surface area is 90.5 Å². The summed E-state index contributed by atoms with van der Waals surface area (Å²) in [4.78, 5) is 10.9. The summed E-state index contributed by atoms with van der Waals surface area (Å²) in [5.41, 5.74) is 5.71. The van der Waals surface area contributed by atoms with Crippen LogP contribution in [0.15, 0.2) is 12.3 Å². The van der Waals surface area contributed by atoms with Crippen LogP contribution in [0, 0.1) is 12.8 Å². The van der Waals surface area contributed by atoms with Crippen LogP contribution in [0.25, 0.3) is 0 Å². The third-order valence-electron chi connectivity index (χ3n) is 2.94. The first-order valence-corrected chi connectivity index (χ1v) is 5.54. The van der Waals surface area contributed by atoms with Gasteiger partial charge in [0.05, 0.1) is 0 Å². The molecule has 2 N–H and O–H groups in total. The first-order valence-electron chi connectivity index (χ1n) is 5.54. The molecule has 1 aromatic heterocycles. The Bertz CT molecular complexity index is 326. The number of piperidine rings is 1. The third-order valence-corrected chi connectivity index (χ3v) is 2.94. The van der Waals surface area contributed by atoms with E-state index in [0.29, 0.717) is 5.92 Å². The van der Waals surface area contributed by atoms with Gasteiger partial charge in [-0.25, -0.2) is 9.97 Å². The fourth-order valence-corrected chi connectivity index (χ4v) is 2.09. The Kier molecular flexibility index (Phi) is 3.16. The lowest BCUT2D eigenvalue weighted by molar-refractivity contribution is 0.421. The van der Waals surface area contributed by atoms with Crippen molar-refractivity contribution in [3.05, 3.63) is 18.1 Å². The number of nitrogens with zero attached hydrogens (tertiary/aromatic N) is 3. The second-order valence-corrected chi connectivity index (χ2v) is 4.15. The predicted octanol–water partition coefficient (Wildman–Crippen LogP) is 0.960. The van der Waals surface area contributed by atoms with Gasteiger partial charge in [-0.15, -0.1) is 0 Å². The highest BCUT2D eigenvalue weighted by atomic mass is 15.2. The van der Waals surface area contributed by atoms with Crippen LogP contribution in [0.1, 0.15) is 18.7 Å². The van der Waals surface area contributed by atoms with E-state index in [2.05, 4.69) is 14.9 Å². The first-order chi connectivity index (χ1) is 7.29. The van der Waals surface area contributed by atoms with Gasteiger partial charge in [0, 0.05) is 19.3 Å². The van der Waals surface area contributed by atoms with Crippen molar-refractivity contribution >= 4 is 5.82 Å². The van der Waals surface area contributed by atoms with Gasteiger partial charge in [0.15, 0.2) is 0 Å². The second kappa shape index (κ2) is 4.57.